The van der Waals surface area contributed by atoms with Gasteiger partial charge >= 0.3 is 0 Å². The Labute approximate surface area is 135 Å². The molecule has 0 saturated carbocycles. The minimum absolute atomic E-state index is 0.148. The molecule has 1 atom stereocenters. The molecule has 7 heteroatoms. The van der Waals surface area contributed by atoms with Gasteiger partial charge in [-0.3, -0.25) is 4.98 Å². The van der Waals surface area contributed by atoms with E-state index in [0.717, 1.165) is 0 Å². The average Bonchev–Trinajstić information content (AvgIpc) is 3.05. The fourth-order valence-electron chi connectivity index (χ4n) is 2.52. The minimum Gasteiger partial charge on any atom is -0.497 e. The highest BCUT2D eigenvalue weighted by Crippen LogP contribution is 2.25. The number of hydrogen-bond donors (Lipinski definition) is 0. The Bertz CT molecular complexity index is 747. The van der Waals surface area contributed by atoms with E-state index in [2.05, 4.69) is 4.98 Å². The Morgan fingerprint density at radius 1 is 1.09 bits per heavy atom. The van der Waals surface area contributed by atoms with Crippen molar-refractivity contribution in [1.82, 2.24) is 9.29 Å². The van der Waals surface area contributed by atoms with Crippen LogP contribution in [-0.4, -0.2) is 44.0 Å². The molecule has 6 nitrogen and oxygen atoms in total. The van der Waals surface area contributed by atoms with E-state index < -0.39 is 10.0 Å². The van der Waals surface area contributed by atoms with Crippen LogP contribution in [0.5, 0.6) is 11.5 Å². The molecular weight excluding hydrogens is 316 g/mol. The number of rotatable bonds is 5. The zero-order chi connectivity index (χ0) is 16.3. The van der Waals surface area contributed by atoms with Crippen molar-refractivity contribution < 1.29 is 17.9 Å². The Morgan fingerprint density at radius 2 is 1.78 bits per heavy atom. The van der Waals surface area contributed by atoms with Crippen molar-refractivity contribution in [3.63, 3.8) is 0 Å². The predicted octanol–water partition coefficient (Wildman–Crippen LogP) is 1.93. The van der Waals surface area contributed by atoms with Crippen molar-refractivity contribution in [3.05, 3.63) is 48.8 Å². The van der Waals surface area contributed by atoms with Crippen LogP contribution in [0.2, 0.25) is 0 Å². The molecule has 0 amide bonds. The second-order valence-corrected chi connectivity index (χ2v) is 7.19. The van der Waals surface area contributed by atoms with Gasteiger partial charge in [0.2, 0.25) is 10.0 Å². The first-order valence-electron chi connectivity index (χ1n) is 7.30. The van der Waals surface area contributed by atoms with Gasteiger partial charge in [-0.1, -0.05) is 0 Å². The maximum Gasteiger partial charge on any atom is 0.243 e. The summed E-state index contributed by atoms with van der Waals surface area (Å²) in [6, 6.07) is 9.94. The van der Waals surface area contributed by atoms with Gasteiger partial charge in [-0.25, -0.2) is 8.42 Å². The van der Waals surface area contributed by atoms with Gasteiger partial charge in [0.1, 0.15) is 17.6 Å². The summed E-state index contributed by atoms with van der Waals surface area (Å²) in [5.74, 6) is 1.33. The molecule has 1 aliphatic rings. The highest BCUT2D eigenvalue weighted by molar-refractivity contribution is 7.89. The van der Waals surface area contributed by atoms with E-state index in [1.54, 1.807) is 55.9 Å². The summed E-state index contributed by atoms with van der Waals surface area (Å²) in [6.07, 6.45) is 3.81. The smallest absolute Gasteiger partial charge is 0.243 e. The SMILES string of the molecule is COc1ccc(S(=O)(=O)N2CC[C@H](Oc3ccncc3)C2)cc1. The molecule has 1 aromatic heterocycles. The summed E-state index contributed by atoms with van der Waals surface area (Å²) in [6.45, 7) is 0.792. The molecule has 1 aliphatic heterocycles. The normalized spacial score (nSPS) is 18.7. The Kier molecular flexibility index (Phi) is 4.49. The first-order chi connectivity index (χ1) is 11.1. The van der Waals surface area contributed by atoms with Crippen LogP contribution in [0.3, 0.4) is 0 Å². The van der Waals surface area contributed by atoms with E-state index in [1.807, 2.05) is 0 Å². The lowest BCUT2D eigenvalue weighted by Gasteiger charge is -2.17. The van der Waals surface area contributed by atoms with E-state index in [1.165, 1.54) is 4.31 Å². The van der Waals surface area contributed by atoms with Gasteiger partial charge in [-0.15, -0.1) is 0 Å². The molecular formula is C16H18N2O4S. The molecule has 2 aromatic rings. The average molecular weight is 334 g/mol. The maximum absolute atomic E-state index is 12.7. The fraction of sp³-hybridized carbons (Fsp3) is 0.312. The van der Waals surface area contributed by atoms with Crippen molar-refractivity contribution in [2.24, 2.45) is 0 Å². The number of ether oxygens (including phenoxy) is 2. The fourth-order valence-corrected chi connectivity index (χ4v) is 4.00. The van der Waals surface area contributed by atoms with Crippen molar-refractivity contribution in [1.29, 1.82) is 0 Å². The summed E-state index contributed by atoms with van der Waals surface area (Å²) in [5.41, 5.74) is 0. The van der Waals surface area contributed by atoms with Gasteiger partial charge < -0.3 is 9.47 Å². The van der Waals surface area contributed by atoms with Crippen LogP contribution in [0, 0.1) is 0 Å². The third kappa shape index (κ3) is 3.46. The van der Waals surface area contributed by atoms with Crippen molar-refractivity contribution in [2.45, 2.75) is 17.4 Å². The van der Waals surface area contributed by atoms with Gasteiger partial charge in [0, 0.05) is 18.9 Å². The molecule has 122 valence electrons. The molecule has 1 fully saturated rings. The largest absolute Gasteiger partial charge is 0.497 e. The topological polar surface area (TPSA) is 68.7 Å². The molecule has 0 bridgehead atoms. The van der Waals surface area contributed by atoms with E-state index in [9.17, 15) is 8.42 Å². The first-order valence-corrected chi connectivity index (χ1v) is 8.74. The van der Waals surface area contributed by atoms with Crippen molar-refractivity contribution in [2.75, 3.05) is 20.2 Å². The molecule has 1 aromatic carbocycles. The zero-order valence-corrected chi connectivity index (χ0v) is 13.6. The lowest BCUT2D eigenvalue weighted by atomic mass is 10.3. The molecule has 3 rings (SSSR count). The summed E-state index contributed by atoms with van der Waals surface area (Å²) in [7, 11) is -1.96. The van der Waals surface area contributed by atoms with Crippen LogP contribution in [0.15, 0.2) is 53.7 Å². The zero-order valence-electron chi connectivity index (χ0n) is 12.8. The second kappa shape index (κ2) is 6.55. The molecule has 2 heterocycles. The molecule has 0 N–H and O–H groups in total. The van der Waals surface area contributed by atoms with Crippen molar-refractivity contribution in [3.8, 4) is 11.5 Å². The van der Waals surface area contributed by atoms with Crippen LogP contribution in [-0.2, 0) is 10.0 Å². The quantitative estimate of drug-likeness (QED) is 0.836. The Balaban J connectivity index is 1.69. The second-order valence-electron chi connectivity index (χ2n) is 5.25. The number of methoxy groups -OCH3 is 1. The summed E-state index contributed by atoms with van der Waals surface area (Å²) < 4.78 is 37.6. The van der Waals surface area contributed by atoms with Gasteiger partial charge in [0.25, 0.3) is 0 Å². The van der Waals surface area contributed by atoms with Gasteiger partial charge in [-0.05, 0) is 42.8 Å². The number of pyridine rings is 1. The summed E-state index contributed by atoms with van der Waals surface area (Å²) in [4.78, 5) is 4.20. The van der Waals surface area contributed by atoms with Gasteiger partial charge in [0.05, 0.1) is 18.6 Å². The van der Waals surface area contributed by atoms with Crippen LogP contribution < -0.4 is 9.47 Å². The number of sulfonamides is 1. The number of hydrogen-bond acceptors (Lipinski definition) is 5. The number of aromatic nitrogens is 1. The standard InChI is InChI=1S/C16H18N2O4S/c1-21-13-2-4-16(5-3-13)23(19,20)18-11-8-15(12-18)22-14-6-9-17-10-7-14/h2-7,9-10,15H,8,11-12H2,1H3/t15-/m0/s1. The van der Waals surface area contributed by atoms with E-state index >= 15 is 0 Å². The van der Waals surface area contributed by atoms with E-state index in [-0.39, 0.29) is 11.0 Å². The van der Waals surface area contributed by atoms with Gasteiger partial charge in [-0.2, -0.15) is 4.31 Å². The number of benzene rings is 1. The molecule has 0 spiro atoms. The van der Waals surface area contributed by atoms with Crippen LogP contribution in [0.4, 0.5) is 0 Å². The molecule has 1 saturated heterocycles. The lowest BCUT2D eigenvalue weighted by molar-refractivity contribution is 0.215. The molecule has 23 heavy (non-hydrogen) atoms. The monoisotopic (exact) mass is 334 g/mol. The highest BCUT2D eigenvalue weighted by Gasteiger charge is 2.33. The summed E-state index contributed by atoms with van der Waals surface area (Å²) in [5, 5.41) is 0. The Hall–Kier alpha value is -2.12. The van der Waals surface area contributed by atoms with Crippen LogP contribution in [0.1, 0.15) is 6.42 Å². The van der Waals surface area contributed by atoms with Crippen molar-refractivity contribution >= 4 is 10.0 Å². The van der Waals surface area contributed by atoms with E-state index in [4.69, 9.17) is 9.47 Å². The number of nitrogens with zero attached hydrogens (tertiary/aromatic N) is 2. The molecule has 0 aliphatic carbocycles. The van der Waals surface area contributed by atoms with Crippen LogP contribution >= 0.6 is 0 Å². The summed E-state index contributed by atoms with van der Waals surface area (Å²) >= 11 is 0. The Morgan fingerprint density at radius 3 is 2.43 bits per heavy atom. The molecule has 0 unspecified atom stereocenters. The van der Waals surface area contributed by atoms with Gasteiger partial charge in [0.15, 0.2) is 0 Å². The van der Waals surface area contributed by atoms with Crippen LogP contribution in [0.25, 0.3) is 0 Å². The van der Waals surface area contributed by atoms with E-state index in [0.29, 0.717) is 31.0 Å². The third-order valence-electron chi connectivity index (χ3n) is 3.76. The maximum atomic E-state index is 12.7. The third-order valence-corrected chi connectivity index (χ3v) is 5.64. The first kappa shape index (κ1) is 15.8. The highest BCUT2D eigenvalue weighted by atomic mass is 32.2. The molecule has 0 radical (unpaired) electrons. The predicted molar refractivity (Wildman–Crippen MR) is 85.0 cm³/mol. The lowest BCUT2D eigenvalue weighted by Crippen LogP contribution is -2.31. The minimum atomic E-state index is -3.50.